The number of pyridine rings is 1. The van der Waals surface area contributed by atoms with Crippen molar-refractivity contribution in [2.75, 3.05) is 13.4 Å². The molecule has 1 heterocycles. The summed E-state index contributed by atoms with van der Waals surface area (Å²) in [5.74, 6) is -0.783. The van der Waals surface area contributed by atoms with Crippen molar-refractivity contribution in [3.8, 4) is 11.3 Å². The Morgan fingerprint density at radius 1 is 1.17 bits per heavy atom. The molecule has 0 aliphatic rings. The molecule has 5 nitrogen and oxygen atoms in total. The fourth-order valence-electron chi connectivity index (χ4n) is 3.13. The average Bonchev–Trinajstić information content (AvgIpc) is 2.65. The molecule has 3 rings (SSSR count). The maximum atomic E-state index is 13.1. The third-order valence-electron chi connectivity index (χ3n) is 4.53. The molecule has 0 aliphatic carbocycles. The zero-order chi connectivity index (χ0) is 22.4. The van der Waals surface area contributed by atoms with E-state index >= 15 is 0 Å². The number of aromatic nitrogens is 1. The summed E-state index contributed by atoms with van der Waals surface area (Å²) in [4.78, 5) is 16.7. The van der Waals surface area contributed by atoms with Crippen LogP contribution in [0.1, 0.15) is 21.5 Å². The Hall–Kier alpha value is -2.65. The lowest BCUT2D eigenvalue weighted by Crippen LogP contribution is -2.09. The molecule has 158 valence electrons. The van der Waals surface area contributed by atoms with Gasteiger partial charge in [0.2, 0.25) is 0 Å². The molecule has 0 fully saturated rings. The molecule has 0 unspecified atom stereocenters. The molecule has 0 atom stereocenters. The van der Waals surface area contributed by atoms with Crippen LogP contribution in [0.3, 0.4) is 0 Å². The van der Waals surface area contributed by atoms with Crippen molar-refractivity contribution in [3.05, 3.63) is 58.1 Å². The minimum atomic E-state index is -4.56. The van der Waals surface area contributed by atoms with E-state index in [2.05, 4.69) is 4.98 Å². The molecule has 0 spiro atoms. The van der Waals surface area contributed by atoms with Crippen LogP contribution in [0.15, 0.2) is 41.3 Å². The first-order chi connectivity index (χ1) is 13.8. The van der Waals surface area contributed by atoms with Crippen molar-refractivity contribution >= 4 is 38.3 Å². The lowest BCUT2D eigenvalue weighted by molar-refractivity contribution is -0.137. The van der Waals surface area contributed by atoms with E-state index in [1.165, 1.54) is 31.2 Å². The number of halogens is 4. The molecular weight excluding hydrogens is 443 g/mol. The number of benzene rings is 2. The van der Waals surface area contributed by atoms with E-state index in [0.717, 1.165) is 25.5 Å². The average molecular weight is 458 g/mol. The Morgan fingerprint density at radius 3 is 2.40 bits per heavy atom. The summed E-state index contributed by atoms with van der Waals surface area (Å²) < 4.78 is 68.3. The fourth-order valence-corrected chi connectivity index (χ4v) is 4.46. The first-order valence-corrected chi connectivity index (χ1v) is 10.7. The van der Waals surface area contributed by atoms with Gasteiger partial charge in [-0.25, -0.2) is 18.2 Å². The number of nitrogens with zero attached hydrogens (tertiary/aromatic N) is 1. The fraction of sp³-hybridized carbons (Fsp3) is 0.200. The van der Waals surface area contributed by atoms with Crippen LogP contribution < -0.4 is 0 Å². The summed E-state index contributed by atoms with van der Waals surface area (Å²) in [5, 5.41) is 0.0482. The number of alkyl halides is 3. The quantitative estimate of drug-likeness (QED) is 0.513. The van der Waals surface area contributed by atoms with E-state index in [9.17, 15) is 26.4 Å². The molecule has 10 heteroatoms. The lowest BCUT2D eigenvalue weighted by Gasteiger charge is -2.15. The number of esters is 1. The SMILES string of the molecule is COC(=O)c1c(C)c(-c2cccc(C(F)(F)F)c2)nc2cc(Cl)c(S(C)(=O)=O)cc12. The van der Waals surface area contributed by atoms with E-state index < -0.39 is 27.5 Å². The predicted molar refractivity (Wildman–Crippen MR) is 106 cm³/mol. The first-order valence-electron chi connectivity index (χ1n) is 8.44. The Bertz CT molecular complexity index is 1290. The van der Waals surface area contributed by atoms with Gasteiger partial charge in [0.05, 0.1) is 39.4 Å². The summed E-state index contributed by atoms with van der Waals surface area (Å²) in [6.07, 6.45) is -3.59. The Kier molecular flexibility index (Phi) is 5.55. The van der Waals surface area contributed by atoms with Crippen molar-refractivity contribution in [3.63, 3.8) is 0 Å². The van der Waals surface area contributed by atoms with Gasteiger partial charge in [0.25, 0.3) is 0 Å². The summed E-state index contributed by atoms with van der Waals surface area (Å²) in [5.41, 5.74) is -0.223. The van der Waals surface area contributed by atoms with Gasteiger partial charge in [-0.1, -0.05) is 23.7 Å². The second-order valence-electron chi connectivity index (χ2n) is 6.60. The van der Waals surface area contributed by atoms with Gasteiger partial charge in [-0.3, -0.25) is 0 Å². The minimum absolute atomic E-state index is 0.00326. The first kappa shape index (κ1) is 22.0. The number of methoxy groups -OCH3 is 1. The van der Waals surface area contributed by atoms with Gasteiger partial charge in [-0.05, 0) is 36.8 Å². The summed E-state index contributed by atoms with van der Waals surface area (Å²) in [6, 6.07) is 7.00. The van der Waals surface area contributed by atoms with Gasteiger partial charge in [0, 0.05) is 17.2 Å². The molecule has 0 radical (unpaired) electrons. The number of carbonyl (C=O) groups is 1. The summed E-state index contributed by atoms with van der Waals surface area (Å²) in [7, 11) is -2.56. The normalized spacial score (nSPS) is 12.2. The van der Waals surface area contributed by atoms with Crippen molar-refractivity contribution < 1.29 is 31.1 Å². The highest BCUT2D eigenvalue weighted by atomic mass is 35.5. The van der Waals surface area contributed by atoms with Crippen LogP contribution in [0, 0.1) is 6.92 Å². The van der Waals surface area contributed by atoms with Gasteiger partial charge in [-0.15, -0.1) is 0 Å². The number of carbonyl (C=O) groups excluding carboxylic acids is 1. The number of sulfone groups is 1. The van der Waals surface area contributed by atoms with E-state index in [1.54, 1.807) is 0 Å². The van der Waals surface area contributed by atoms with Crippen LogP contribution in [0.4, 0.5) is 13.2 Å². The third-order valence-corrected chi connectivity index (χ3v) is 6.10. The molecule has 0 amide bonds. The number of hydrogen-bond acceptors (Lipinski definition) is 5. The molecule has 0 saturated carbocycles. The lowest BCUT2D eigenvalue weighted by atomic mass is 9.97. The monoisotopic (exact) mass is 457 g/mol. The summed E-state index contributed by atoms with van der Waals surface area (Å²) in [6.45, 7) is 1.50. The zero-order valence-corrected chi connectivity index (χ0v) is 17.5. The predicted octanol–water partition coefficient (Wildman–Crippen LogP) is 5.07. The van der Waals surface area contributed by atoms with E-state index in [1.807, 2.05) is 0 Å². The molecule has 0 aliphatic heterocycles. The highest BCUT2D eigenvalue weighted by Gasteiger charge is 2.31. The smallest absolute Gasteiger partial charge is 0.416 e. The van der Waals surface area contributed by atoms with Crippen LogP contribution in [-0.2, 0) is 20.8 Å². The van der Waals surface area contributed by atoms with Crippen molar-refractivity contribution in [1.29, 1.82) is 0 Å². The number of fused-ring (bicyclic) bond motifs is 1. The highest BCUT2D eigenvalue weighted by molar-refractivity contribution is 7.90. The van der Waals surface area contributed by atoms with Gasteiger partial charge < -0.3 is 4.74 Å². The van der Waals surface area contributed by atoms with Crippen LogP contribution in [0.5, 0.6) is 0 Å². The molecule has 0 N–H and O–H groups in total. The van der Waals surface area contributed by atoms with E-state index in [4.69, 9.17) is 16.3 Å². The topological polar surface area (TPSA) is 73.3 Å². The van der Waals surface area contributed by atoms with Crippen molar-refractivity contribution in [2.24, 2.45) is 0 Å². The van der Waals surface area contributed by atoms with Gasteiger partial charge in [0.1, 0.15) is 0 Å². The van der Waals surface area contributed by atoms with Crippen LogP contribution in [-0.4, -0.2) is 32.7 Å². The second-order valence-corrected chi connectivity index (χ2v) is 8.99. The molecule has 1 aromatic heterocycles. The highest BCUT2D eigenvalue weighted by Crippen LogP contribution is 2.36. The van der Waals surface area contributed by atoms with E-state index in [0.29, 0.717) is 0 Å². The van der Waals surface area contributed by atoms with Gasteiger partial charge in [0.15, 0.2) is 9.84 Å². The number of ether oxygens (including phenoxy) is 1. The molecule has 0 bridgehead atoms. The van der Waals surface area contributed by atoms with Crippen molar-refractivity contribution in [2.45, 2.75) is 18.0 Å². The second kappa shape index (κ2) is 7.55. The summed E-state index contributed by atoms with van der Waals surface area (Å²) >= 11 is 6.09. The van der Waals surface area contributed by atoms with Crippen LogP contribution in [0.2, 0.25) is 5.02 Å². The van der Waals surface area contributed by atoms with Crippen LogP contribution in [0.25, 0.3) is 22.2 Å². The number of rotatable bonds is 3. The third kappa shape index (κ3) is 3.99. The van der Waals surface area contributed by atoms with Gasteiger partial charge in [-0.2, -0.15) is 13.2 Å². The van der Waals surface area contributed by atoms with E-state index in [-0.39, 0.29) is 43.2 Å². The van der Waals surface area contributed by atoms with Crippen molar-refractivity contribution in [1.82, 2.24) is 4.98 Å². The Morgan fingerprint density at radius 2 is 1.83 bits per heavy atom. The molecule has 2 aromatic carbocycles. The maximum absolute atomic E-state index is 13.1. The molecule has 0 saturated heterocycles. The zero-order valence-electron chi connectivity index (χ0n) is 16.0. The maximum Gasteiger partial charge on any atom is 0.416 e. The Labute approximate surface area is 175 Å². The number of hydrogen-bond donors (Lipinski definition) is 0. The Balaban J connectivity index is 2.41. The standard InChI is InChI=1S/C20H15ClF3NO4S/c1-10-17(19(26)29-2)13-8-16(30(3,27)28)14(21)9-15(13)25-18(10)11-5-4-6-12(7-11)20(22,23)24/h4-9H,1-3H3. The minimum Gasteiger partial charge on any atom is -0.465 e. The largest absolute Gasteiger partial charge is 0.465 e. The molecular formula is C20H15ClF3NO4S. The van der Waals surface area contributed by atoms with Gasteiger partial charge >= 0.3 is 12.1 Å². The van der Waals surface area contributed by atoms with Crippen LogP contribution >= 0.6 is 11.6 Å². The molecule has 30 heavy (non-hydrogen) atoms. The molecule has 3 aromatic rings.